The van der Waals surface area contributed by atoms with Crippen LogP contribution in [0.3, 0.4) is 0 Å². The van der Waals surface area contributed by atoms with Crippen molar-refractivity contribution in [2.24, 2.45) is 5.73 Å². The molecule has 8 heteroatoms. The summed E-state index contributed by atoms with van der Waals surface area (Å²) < 4.78 is 5.25. The summed E-state index contributed by atoms with van der Waals surface area (Å²) in [5.74, 6) is -1.23. The van der Waals surface area contributed by atoms with E-state index in [4.69, 9.17) is 10.5 Å². The Kier molecular flexibility index (Phi) is 6.70. The molecule has 1 atom stereocenters. The molecular weight excluding hydrogens is 360 g/mol. The van der Waals surface area contributed by atoms with Gasteiger partial charge in [-0.05, 0) is 32.4 Å². The minimum Gasteiger partial charge on any atom is -0.444 e. The van der Waals surface area contributed by atoms with Crippen LogP contribution in [0, 0.1) is 0 Å². The molecule has 148 valence electrons. The zero-order valence-corrected chi connectivity index (χ0v) is 16.1. The van der Waals surface area contributed by atoms with Gasteiger partial charge in [-0.1, -0.05) is 30.3 Å². The quantitative estimate of drug-likeness (QED) is 0.705. The van der Waals surface area contributed by atoms with E-state index < -0.39 is 29.6 Å². The molecule has 0 radical (unpaired) electrons. The van der Waals surface area contributed by atoms with Crippen LogP contribution in [0.2, 0.25) is 0 Å². The predicted molar refractivity (Wildman–Crippen MR) is 105 cm³/mol. The number of aromatic nitrogens is 1. The minimum absolute atomic E-state index is 0.0755. The molecule has 0 saturated carbocycles. The van der Waals surface area contributed by atoms with E-state index in [2.05, 4.69) is 15.6 Å². The third-order valence-electron chi connectivity index (χ3n) is 3.63. The predicted octanol–water partition coefficient (Wildman–Crippen LogP) is 2.25. The largest absolute Gasteiger partial charge is 0.444 e. The summed E-state index contributed by atoms with van der Waals surface area (Å²) in [5.41, 5.74) is 5.76. The Hall–Kier alpha value is -3.42. The monoisotopic (exact) mass is 384 g/mol. The second kappa shape index (κ2) is 8.98. The van der Waals surface area contributed by atoms with Crippen molar-refractivity contribution in [3.8, 4) is 0 Å². The van der Waals surface area contributed by atoms with Gasteiger partial charge in [-0.25, -0.2) is 4.79 Å². The lowest BCUT2D eigenvalue weighted by atomic mass is 10.1. The summed E-state index contributed by atoms with van der Waals surface area (Å²) in [5, 5.41) is 5.22. The number of carbonyl (C=O) groups excluding carboxylic acids is 3. The van der Waals surface area contributed by atoms with Gasteiger partial charge in [0.25, 0.3) is 5.91 Å². The van der Waals surface area contributed by atoms with E-state index >= 15 is 0 Å². The van der Waals surface area contributed by atoms with Gasteiger partial charge >= 0.3 is 6.09 Å². The molecule has 0 bridgehead atoms. The lowest BCUT2D eigenvalue weighted by Gasteiger charge is -2.23. The summed E-state index contributed by atoms with van der Waals surface area (Å²) in [4.78, 5) is 40.4. The fourth-order valence-corrected chi connectivity index (χ4v) is 2.43. The van der Waals surface area contributed by atoms with E-state index in [9.17, 15) is 14.4 Å². The number of nitrogens with one attached hydrogen (secondary N) is 2. The number of carbonyl (C=O) groups is 3. The van der Waals surface area contributed by atoms with E-state index in [0.717, 1.165) is 5.56 Å². The number of hydrogen-bond donors (Lipinski definition) is 3. The molecule has 0 spiro atoms. The highest BCUT2D eigenvalue weighted by molar-refractivity contribution is 6.04. The van der Waals surface area contributed by atoms with Crippen molar-refractivity contribution >= 4 is 23.6 Å². The topological polar surface area (TPSA) is 123 Å². The number of alkyl carbamates (subject to hydrolysis) is 1. The van der Waals surface area contributed by atoms with Gasteiger partial charge in [0.15, 0.2) is 0 Å². The van der Waals surface area contributed by atoms with E-state index in [1.807, 2.05) is 30.3 Å². The number of pyridine rings is 1. The highest BCUT2D eigenvalue weighted by atomic mass is 16.6. The molecule has 0 unspecified atom stereocenters. The lowest BCUT2D eigenvalue weighted by Crippen LogP contribution is -2.47. The van der Waals surface area contributed by atoms with Gasteiger partial charge in [0.1, 0.15) is 11.6 Å². The Morgan fingerprint density at radius 2 is 1.82 bits per heavy atom. The molecule has 1 aromatic carbocycles. The average Bonchev–Trinajstić information content (AvgIpc) is 2.60. The van der Waals surface area contributed by atoms with Crippen LogP contribution in [0.4, 0.5) is 10.5 Å². The highest BCUT2D eigenvalue weighted by Crippen LogP contribution is 2.15. The molecule has 1 heterocycles. The number of anilines is 1. The maximum atomic E-state index is 12.8. The van der Waals surface area contributed by atoms with E-state index in [1.54, 1.807) is 20.8 Å². The molecule has 2 rings (SSSR count). The van der Waals surface area contributed by atoms with Crippen LogP contribution >= 0.6 is 0 Å². The highest BCUT2D eigenvalue weighted by Gasteiger charge is 2.25. The number of amides is 3. The summed E-state index contributed by atoms with van der Waals surface area (Å²) in [7, 11) is 0. The van der Waals surface area contributed by atoms with Crippen LogP contribution in [0.25, 0.3) is 0 Å². The van der Waals surface area contributed by atoms with E-state index in [-0.39, 0.29) is 17.7 Å². The number of benzene rings is 1. The van der Waals surface area contributed by atoms with Gasteiger partial charge in [0.2, 0.25) is 5.91 Å². The Balaban J connectivity index is 2.21. The average molecular weight is 384 g/mol. The van der Waals surface area contributed by atoms with Gasteiger partial charge in [-0.15, -0.1) is 0 Å². The van der Waals surface area contributed by atoms with Gasteiger partial charge in [0, 0.05) is 18.8 Å². The maximum Gasteiger partial charge on any atom is 0.408 e. The summed E-state index contributed by atoms with van der Waals surface area (Å²) >= 11 is 0. The molecule has 0 aliphatic carbocycles. The molecular formula is C20H24N4O4. The van der Waals surface area contributed by atoms with Gasteiger partial charge in [0.05, 0.1) is 11.3 Å². The zero-order chi connectivity index (χ0) is 20.7. The molecule has 0 aliphatic rings. The van der Waals surface area contributed by atoms with Crippen LogP contribution in [0.15, 0.2) is 48.8 Å². The van der Waals surface area contributed by atoms with Crippen molar-refractivity contribution in [2.45, 2.75) is 38.8 Å². The first-order chi connectivity index (χ1) is 13.2. The van der Waals surface area contributed by atoms with Crippen LogP contribution < -0.4 is 16.4 Å². The van der Waals surface area contributed by atoms with Crippen molar-refractivity contribution in [3.63, 3.8) is 0 Å². The van der Waals surface area contributed by atoms with Crippen LogP contribution in [0.1, 0.15) is 36.7 Å². The molecule has 0 aliphatic heterocycles. The number of nitrogens with zero attached hydrogens (tertiary/aromatic N) is 1. The van der Waals surface area contributed by atoms with Crippen molar-refractivity contribution < 1.29 is 19.1 Å². The first-order valence-corrected chi connectivity index (χ1v) is 8.74. The molecule has 28 heavy (non-hydrogen) atoms. The number of hydrogen-bond acceptors (Lipinski definition) is 5. The van der Waals surface area contributed by atoms with Crippen molar-refractivity contribution in [1.29, 1.82) is 0 Å². The van der Waals surface area contributed by atoms with Gasteiger partial charge in [-0.3, -0.25) is 14.6 Å². The van der Waals surface area contributed by atoms with Crippen LogP contribution in [-0.4, -0.2) is 34.5 Å². The number of rotatable bonds is 6. The molecule has 0 fully saturated rings. The standard InChI is InChI=1S/C20H24N4O4/c1-20(2,3)28-19(27)24-16(11-13-7-5-4-6-8-13)18(26)23-15-9-10-22-12-14(15)17(21)25/h4-10,12,16H,11H2,1-3H3,(H2,21,25)(H,24,27)(H,22,23,26)/t16-/m0/s1. The second-order valence-electron chi connectivity index (χ2n) is 7.16. The summed E-state index contributed by atoms with van der Waals surface area (Å²) in [6.07, 6.45) is 2.22. The Morgan fingerprint density at radius 3 is 2.43 bits per heavy atom. The summed E-state index contributed by atoms with van der Waals surface area (Å²) in [6.45, 7) is 5.19. The Labute approximate surface area is 163 Å². The molecule has 8 nitrogen and oxygen atoms in total. The fourth-order valence-electron chi connectivity index (χ4n) is 2.43. The summed E-state index contributed by atoms with van der Waals surface area (Å²) in [6, 6.07) is 9.76. The first-order valence-electron chi connectivity index (χ1n) is 8.74. The van der Waals surface area contributed by atoms with Crippen molar-refractivity contribution in [1.82, 2.24) is 10.3 Å². The van der Waals surface area contributed by atoms with Crippen LogP contribution in [0.5, 0.6) is 0 Å². The van der Waals surface area contributed by atoms with E-state index in [1.165, 1.54) is 18.5 Å². The molecule has 2 aromatic rings. The lowest BCUT2D eigenvalue weighted by molar-refractivity contribution is -0.118. The van der Waals surface area contributed by atoms with Gasteiger partial charge in [-0.2, -0.15) is 0 Å². The second-order valence-corrected chi connectivity index (χ2v) is 7.16. The van der Waals surface area contributed by atoms with Crippen molar-refractivity contribution in [3.05, 3.63) is 59.9 Å². The Morgan fingerprint density at radius 1 is 1.14 bits per heavy atom. The number of primary amides is 1. The molecule has 1 aromatic heterocycles. The zero-order valence-electron chi connectivity index (χ0n) is 16.1. The Bertz CT molecular complexity index is 847. The molecule has 3 amide bonds. The first kappa shape index (κ1) is 20.9. The number of nitrogens with two attached hydrogens (primary N) is 1. The van der Waals surface area contributed by atoms with Crippen LogP contribution in [-0.2, 0) is 16.0 Å². The fraction of sp³-hybridized carbons (Fsp3) is 0.300. The molecule has 0 saturated heterocycles. The third-order valence-corrected chi connectivity index (χ3v) is 3.63. The maximum absolute atomic E-state index is 12.8. The van der Waals surface area contributed by atoms with Crippen molar-refractivity contribution in [2.75, 3.05) is 5.32 Å². The number of ether oxygens (including phenoxy) is 1. The third kappa shape index (κ3) is 6.39. The molecule has 4 N–H and O–H groups in total. The smallest absolute Gasteiger partial charge is 0.408 e. The SMILES string of the molecule is CC(C)(C)OC(=O)N[C@@H](Cc1ccccc1)C(=O)Nc1ccncc1C(N)=O. The normalized spacial score (nSPS) is 12.0. The minimum atomic E-state index is -0.925. The van der Waals surface area contributed by atoms with Gasteiger partial charge < -0.3 is 21.1 Å². The van der Waals surface area contributed by atoms with E-state index in [0.29, 0.717) is 0 Å².